The largest absolute Gasteiger partial charge is 0.308 e. The maximum atomic E-state index is 12.6. The van der Waals surface area contributed by atoms with Crippen molar-refractivity contribution >= 4 is 45.4 Å². The first-order chi connectivity index (χ1) is 12.8. The highest BCUT2D eigenvalue weighted by Gasteiger charge is 2.29. The van der Waals surface area contributed by atoms with E-state index in [2.05, 4.69) is 16.8 Å². The molecule has 7 nitrogen and oxygen atoms in total. The lowest BCUT2D eigenvalue weighted by Crippen LogP contribution is -2.32. The van der Waals surface area contributed by atoms with Gasteiger partial charge in [-0.2, -0.15) is 5.10 Å². The summed E-state index contributed by atoms with van der Waals surface area (Å²) in [7, 11) is -3.20. The molecule has 1 amide bonds. The van der Waals surface area contributed by atoms with Crippen LogP contribution in [0.15, 0.2) is 29.5 Å². The molecule has 0 aromatic carbocycles. The third kappa shape index (κ3) is 6.32. The molecular weight excluding hydrogens is 388 g/mol. The molecule has 0 unspecified atom stereocenters. The van der Waals surface area contributed by atoms with E-state index in [0.717, 1.165) is 18.5 Å². The van der Waals surface area contributed by atoms with E-state index < -0.39 is 9.84 Å². The minimum absolute atomic E-state index is 0.0625. The van der Waals surface area contributed by atoms with Crippen molar-refractivity contribution in [3.8, 4) is 0 Å². The summed E-state index contributed by atoms with van der Waals surface area (Å²) in [4.78, 5) is 17.7. The Morgan fingerprint density at radius 2 is 2.22 bits per heavy atom. The van der Waals surface area contributed by atoms with Gasteiger partial charge in [0.1, 0.15) is 5.69 Å². The number of hydrogen-bond donors (Lipinski definition) is 0. The van der Waals surface area contributed by atoms with Crippen LogP contribution in [0.2, 0.25) is 5.15 Å². The van der Waals surface area contributed by atoms with Gasteiger partial charge in [0.05, 0.1) is 17.7 Å². The number of anilines is 1. The van der Waals surface area contributed by atoms with Crippen LogP contribution in [0.25, 0.3) is 5.70 Å². The second-order valence-electron chi connectivity index (χ2n) is 6.53. The van der Waals surface area contributed by atoms with Crippen LogP contribution in [-0.4, -0.2) is 48.9 Å². The molecule has 0 radical (unpaired) electrons. The Labute approximate surface area is 165 Å². The quantitative estimate of drug-likeness (QED) is 0.436. The van der Waals surface area contributed by atoms with Crippen molar-refractivity contribution in [1.29, 1.82) is 0 Å². The van der Waals surface area contributed by atoms with Crippen LogP contribution in [0, 0.1) is 5.92 Å². The van der Waals surface area contributed by atoms with Gasteiger partial charge in [-0.15, -0.1) is 0 Å². The van der Waals surface area contributed by atoms with Crippen molar-refractivity contribution in [2.45, 2.75) is 33.1 Å². The molecule has 0 atom stereocenters. The fourth-order valence-electron chi connectivity index (χ4n) is 2.61. The maximum Gasteiger partial charge on any atom is 0.228 e. The molecule has 2 rings (SSSR count). The fraction of sp³-hybridized carbons (Fsp3) is 0.500. The Bertz CT molecular complexity index is 854. The molecule has 1 aliphatic carbocycles. The van der Waals surface area contributed by atoms with Crippen LogP contribution >= 0.6 is 11.6 Å². The second-order valence-corrected chi connectivity index (χ2v) is 9.11. The molecule has 1 aromatic heterocycles. The maximum absolute atomic E-state index is 12.6. The summed E-state index contributed by atoms with van der Waals surface area (Å²) >= 11 is 6.22. The molecule has 1 aliphatic rings. The number of carbonyl (C=O) groups is 1. The molecule has 148 valence electrons. The molecule has 0 aliphatic heterocycles. The first-order valence-electron chi connectivity index (χ1n) is 8.83. The normalized spacial score (nSPS) is 15.3. The van der Waals surface area contributed by atoms with E-state index >= 15 is 0 Å². The van der Waals surface area contributed by atoms with Gasteiger partial charge in [-0.25, -0.2) is 13.1 Å². The van der Waals surface area contributed by atoms with Crippen molar-refractivity contribution in [3.63, 3.8) is 0 Å². The van der Waals surface area contributed by atoms with Crippen molar-refractivity contribution in [3.05, 3.63) is 29.7 Å². The average molecular weight is 413 g/mol. The number of allylic oxidation sites excluding steroid dienone is 3. The highest BCUT2D eigenvalue weighted by molar-refractivity contribution is 7.91. The van der Waals surface area contributed by atoms with Crippen LogP contribution in [0.3, 0.4) is 0 Å². The number of nitrogens with zero attached hydrogens (tertiary/aromatic N) is 4. The van der Waals surface area contributed by atoms with E-state index in [0.29, 0.717) is 12.2 Å². The van der Waals surface area contributed by atoms with Gasteiger partial charge in [0.15, 0.2) is 15.0 Å². The topological polar surface area (TPSA) is 84.6 Å². The molecular formula is C18H25ClN4O3S. The highest BCUT2D eigenvalue weighted by Crippen LogP contribution is 2.31. The third-order valence-electron chi connectivity index (χ3n) is 4.26. The SMILES string of the molecule is C=N/C=C\C=C(/C)n1cc(N(CC)C(=O)CCS(=O)(=O)CC2CC2)c(Cl)n1. The van der Waals surface area contributed by atoms with E-state index in [-0.39, 0.29) is 34.9 Å². The Kier molecular flexibility index (Phi) is 7.38. The lowest BCUT2D eigenvalue weighted by atomic mass is 10.3. The van der Waals surface area contributed by atoms with E-state index in [4.69, 9.17) is 11.6 Å². The Balaban J connectivity index is 2.09. The Morgan fingerprint density at radius 1 is 1.52 bits per heavy atom. The van der Waals surface area contributed by atoms with E-state index in [1.54, 1.807) is 29.2 Å². The number of sulfone groups is 1. The summed E-state index contributed by atoms with van der Waals surface area (Å²) in [5.41, 5.74) is 1.24. The molecule has 1 saturated carbocycles. The van der Waals surface area contributed by atoms with Crippen LogP contribution < -0.4 is 4.90 Å². The fourth-order valence-corrected chi connectivity index (χ4v) is 4.55. The van der Waals surface area contributed by atoms with Gasteiger partial charge in [-0.1, -0.05) is 11.6 Å². The van der Waals surface area contributed by atoms with Crippen LogP contribution in [-0.2, 0) is 14.6 Å². The summed E-state index contributed by atoms with van der Waals surface area (Å²) in [5.74, 6) is 0.0428. The zero-order chi connectivity index (χ0) is 20.0. The van der Waals surface area contributed by atoms with Crippen molar-refractivity contribution in [2.75, 3.05) is 23.0 Å². The number of aromatic nitrogens is 2. The molecule has 0 bridgehead atoms. The molecule has 0 saturated heterocycles. The van der Waals surface area contributed by atoms with Gasteiger partial charge in [0.25, 0.3) is 0 Å². The van der Waals surface area contributed by atoms with Gasteiger partial charge >= 0.3 is 0 Å². The van der Waals surface area contributed by atoms with Gasteiger partial charge in [-0.05, 0) is 51.5 Å². The molecule has 0 N–H and O–H groups in total. The summed E-state index contributed by atoms with van der Waals surface area (Å²) in [6, 6.07) is 0. The van der Waals surface area contributed by atoms with Crippen molar-refractivity contribution < 1.29 is 13.2 Å². The number of rotatable bonds is 10. The van der Waals surface area contributed by atoms with E-state index in [1.165, 1.54) is 4.90 Å². The third-order valence-corrected chi connectivity index (χ3v) is 6.34. The lowest BCUT2D eigenvalue weighted by molar-refractivity contribution is -0.118. The number of aliphatic imine (C=N–C) groups is 1. The van der Waals surface area contributed by atoms with Crippen molar-refractivity contribution in [1.82, 2.24) is 9.78 Å². The summed E-state index contributed by atoms with van der Waals surface area (Å²) in [5, 5.41) is 4.40. The average Bonchev–Trinajstić information content (AvgIpc) is 3.33. The van der Waals surface area contributed by atoms with Crippen molar-refractivity contribution in [2.24, 2.45) is 10.9 Å². The summed E-state index contributed by atoms with van der Waals surface area (Å²) in [6.07, 6.45) is 8.56. The Morgan fingerprint density at radius 3 is 2.81 bits per heavy atom. The van der Waals surface area contributed by atoms with E-state index in [1.807, 2.05) is 13.8 Å². The second kappa shape index (κ2) is 9.32. The molecule has 0 spiro atoms. The molecule has 1 heterocycles. The first-order valence-corrected chi connectivity index (χ1v) is 11.0. The monoisotopic (exact) mass is 412 g/mol. The zero-order valence-corrected chi connectivity index (χ0v) is 17.2. The number of halogens is 1. The predicted molar refractivity (Wildman–Crippen MR) is 110 cm³/mol. The molecule has 9 heteroatoms. The molecule has 1 aromatic rings. The van der Waals surface area contributed by atoms with Crippen LogP contribution in [0.5, 0.6) is 0 Å². The lowest BCUT2D eigenvalue weighted by Gasteiger charge is -2.19. The predicted octanol–water partition coefficient (Wildman–Crippen LogP) is 3.18. The van der Waals surface area contributed by atoms with Crippen LogP contribution in [0.1, 0.15) is 33.1 Å². The minimum atomic E-state index is -3.20. The number of carbonyl (C=O) groups excluding carboxylic acids is 1. The minimum Gasteiger partial charge on any atom is -0.308 e. The highest BCUT2D eigenvalue weighted by atomic mass is 35.5. The van der Waals surface area contributed by atoms with E-state index in [9.17, 15) is 13.2 Å². The van der Waals surface area contributed by atoms with Crippen LogP contribution in [0.4, 0.5) is 5.69 Å². The summed E-state index contributed by atoms with van der Waals surface area (Å²) < 4.78 is 25.7. The number of hydrogen-bond acceptors (Lipinski definition) is 5. The first kappa shape index (κ1) is 21.4. The number of amides is 1. The molecule has 27 heavy (non-hydrogen) atoms. The standard InChI is InChI=1S/C18H25ClN4O3S/c1-4-22(17(24)9-11-27(25,26)13-15-7-8-15)16-12-23(21-18(16)19)14(2)6-5-10-20-3/h5-6,10,12,15H,3-4,7-9,11,13H2,1-2H3/b10-5-,14-6+. The summed E-state index contributed by atoms with van der Waals surface area (Å²) in [6.45, 7) is 7.38. The van der Waals surface area contributed by atoms with Gasteiger partial charge in [0, 0.05) is 24.9 Å². The zero-order valence-electron chi connectivity index (χ0n) is 15.6. The Hall–Kier alpha value is -1.93. The van der Waals surface area contributed by atoms with Gasteiger partial charge < -0.3 is 4.90 Å². The van der Waals surface area contributed by atoms with Gasteiger partial charge in [0.2, 0.25) is 5.91 Å². The van der Waals surface area contributed by atoms with Gasteiger partial charge in [-0.3, -0.25) is 9.79 Å². The molecule has 1 fully saturated rings. The smallest absolute Gasteiger partial charge is 0.228 e.